The van der Waals surface area contributed by atoms with Crippen LogP contribution in [0.2, 0.25) is 0 Å². The largest absolute Gasteiger partial charge is 0.338 e. The van der Waals surface area contributed by atoms with Crippen LogP contribution in [0.5, 0.6) is 0 Å². The van der Waals surface area contributed by atoms with Crippen LogP contribution in [0.25, 0.3) is 0 Å². The Bertz CT molecular complexity index is 1170. The number of benzene rings is 2. The Balaban J connectivity index is 1.19. The number of piperazine rings is 1. The Morgan fingerprint density at radius 3 is 2.33 bits per heavy atom. The van der Waals surface area contributed by atoms with Crippen LogP contribution < -0.4 is 0 Å². The van der Waals surface area contributed by atoms with Gasteiger partial charge >= 0.3 is 0 Å². The minimum absolute atomic E-state index is 0.0642. The molecule has 2 aromatic carbocycles. The van der Waals surface area contributed by atoms with E-state index in [4.69, 9.17) is 0 Å². The summed E-state index contributed by atoms with van der Waals surface area (Å²) in [5.74, 6) is 0.219. The van der Waals surface area contributed by atoms with Gasteiger partial charge in [0.1, 0.15) is 0 Å². The Morgan fingerprint density at radius 2 is 1.61 bits per heavy atom. The van der Waals surface area contributed by atoms with Gasteiger partial charge in [-0.2, -0.15) is 0 Å². The first-order valence-corrected chi connectivity index (χ1v) is 14.0. The molecule has 0 aliphatic carbocycles. The number of aryl methyl sites for hydroxylation is 1. The van der Waals surface area contributed by atoms with Crippen molar-refractivity contribution >= 4 is 23.2 Å². The maximum absolute atomic E-state index is 13.3. The van der Waals surface area contributed by atoms with E-state index >= 15 is 0 Å². The Morgan fingerprint density at radius 1 is 0.889 bits per heavy atom. The number of hydrogen-bond donors (Lipinski definition) is 0. The highest BCUT2D eigenvalue weighted by atomic mass is 32.1. The predicted molar refractivity (Wildman–Crippen MR) is 145 cm³/mol. The fourth-order valence-electron chi connectivity index (χ4n) is 5.37. The lowest BCUT2D eigenvalue weighted by molar-refractivity contribution is -0.134. The Labute approximate surface area is 218 Å². The Kier molecular flexibility index (Phi) is 7.83. The van der Waals surface area contributed by atoms with E-state index < -0.39 is 0 Å². The number of fused-ring (bicyclic) bond motifs is 1. The van der Waals surface area contributed by atoms with E-state index in [1.165, 1.54) is 34.4 Å². The van der Waals surface area contributed by atoms with Crippen molar-refractivity contribution in [1.29, 1.82) is 0 Å². The maximum Gasteiger partial charge on any atom is 0.253 e. The van der Waals surface area contributed by atoms with Gasteiger partial charge in [0, 0.05) is 43.2 Å². The minimum atomic E-state index is 0.0642. The van der Waals surface area contributed by atoms with Gasteiger partial charge in [-0.15, -0.1) is 11.3 Å². The number of unbranched alkanes of at least 4 members (excludes halogenated alkanes) is 1. The molecule has 0 N–H and O–H groups in total. The SMILES string of the molecule is CCCCc1ccc(C(=O)N2CCN(C(=O)CN3CCc4sccc4[C@@H]3c3ccccc3)CC2)cc1. The van der Waals surface area contributed by atoms with Gasteiger partial charge in [0.05, 0.1) is 12.6 Å². The molecule has 1 fully saturated rings. The second-order valence-corrected chi connectivity index (χ2v) is 10.8. The lowest BCUT2D eigenvalue weighted by Gasteiger charge is -2.39. The van der Waals surface area contributed by atoms with Gasteiger partial charge in [0.25, 0.3) is 5.91 Å². The average molecular weight is 502 g/mol. The Hall–Kier alpha value is -2.96. The summed E-state index contributed by atoms with van der Waals surface area (Å²) >= 11 is 1.82. The fraction of sp³-hybridized carbons (Fsp3) is 0.400. The molecule has 0 bridgehead atoms. The quantitative estimate of drug-likeness (QED) is 0.457. The summed E-state index contributed by atoms with van der Waals surface area (Å²) < 4.78 is 0. The molecule has 1 atom stereocenters. The third kappa shape index (κ3) is 5.40. The monoisotopic (exact) mass is 501 g/mol. The first-order chi connectivity index (χ1) is 17.6. The summed E-state index contributed by atoms with van der Waals surface area (Å²) in [5.41, 5.74) is 4.59. The summed E-state index contributed by atoms with van der Waals surface area (Å²) in [5, 5.41) is 2.17. The van der Waals surface area contributed by atoms with Crippen molar-refractivity contribution in [2.24, 2.45) is 0 Å². The second-order valence-electron chi connectivity index (χ2n) is 9.81. The van der Waals surface area contributed by atoms with Gasteiger partial charge < -0.3 is 9.80 Å². The van der Waals surface area contributed by atoms with Crippen LogP contribution in [0.1, 0.15) is 57.7 Å². The fourth-order valence-corrected chi connectivity index (χ4v) is 6.28. The molecule has 2 aliphatic heterocycles. The molecule has 0 saturated carbocycles. The lowest BCUT2D eigenvalue weighted by atomic mass is 9.93. The van der Waals surface area contributed by atoms with E-state index in [1.54, 1.807) is 0 Å². The highest BCUT2D eigenvalue weighted by molar-refractivity contribution is 7.10. The zero-order chi connectivity index (χ0) is 24.9. The van der Waals surface area contributed by atoms with E-state index in [9.17, 15) is 9.59 Å². The number of rotatable bonds is 7. The highest BCUT2D eigenvalue weighted by Crippen LogP contribution is 2.37. The number of carbonyl (C=O) groups is 2. The molecular formula is C30H35N3O2S. The first kappa shape index (κ1) is 24.7. The molecule has 0 radical (unpaired) electrons. The molecule has 2 aliphatic rings. The van der Waals surface area contributed by atoms with Gasteiger partial charge in [-0.3, -0.25) is 14.5 Å². The number of hydrogen-bond acceptors (Lipinski definition) is 4. The minimum Gasteiger partial charge on any atom is -0.338 e. The molecule has 0 unspecified atom stereocenters. The maximum atomic E-state index is 13.3. The lowest BCUT2D eigenvalue weighted by Crippen LogP contribution is -2.53. The van der Waals surface area contributed by atoms with Crippen LogP contribution in [0.15, 0.2) is 66.0 Å². The van der Waals surface area contributed by atoms with Crippen molar-refractivity contribution in [3.63, 3.8) is 0 Å². The van der Waals surface area contributed by atoms with Crippen molar-refractivity contribution in [2.75, 3.05) is 39.3 Å². The van der Waals surface area contributed by atoms with Crippen molar-refractivity contribution in [2.45, 2.75) is 38.6 Å². The first-order valence-electron chi connectivity index (χ1n) is 13.2. The number of nitrogens with zero attached hydrogens (tertiary/aromatic N) is 3. The number of carbonyl (C=O) groups excluding carboxylic acids is 2. The summed E-state index contributed by atoms with van der Waals surface area (Å²) in [7, 11) is 0. The van der Waals surface area contributed by atoms with Crippen molar-refractivity contribution in [3.8, 4) is 0 Å². The van der Waals surface area contributed by atoms with Crippen LogP contribution in [-0.2, 0) is 17.6 Å². The zero-order valence-electron chi connectivity index (χ0n) is 21.1. The van der Waals surface area contributed by atoms with Crippen LogP contribution >= 0.6 is 11.3 Å². The van der Waals surface area contributed by atoms with Crippen LogP contribution in [0, 0.1) is 0 Å². The second kappa shape index (κ2) is 11.4. The summed E-state index contributed by atoms with van der Waals surface area (Å²) in [6.45, 7) is 5.82. The third-order valence-corrected chi connectivity index (χ3v) is 8.46. The van der Waals surface area contributed by atoms with Gasteiger partial charge in [-0.05, 0) is 59.5 Å². The van der Waals surface area contributed by atoms with E-state index in [2.05, 4.69) is 59.7 Å². The molecule has 6 heteroatoms. The standard InChI is InChI=1S/C30H35N3O2S/c1-2-3-7-23-10-12-25(13-11-23)30(35)32-19-17-31(18-20-32)28(34)22-33-16-14-27-26(15-21-36-27)29(33)24-8-5-4-6-9-24/h4-6,8-13,15,21,29H,2-3,7,14,16-20,22H2,1H3/t29-/m0/s1. The predicted octanol–water partition coefficient (Wildman–Crippen LogP) is 5.02. The van der Waals surface area contributed by atoms with Crippen molar-refractivity contribution < 1.29 is 9.59 Å². The summed E-state index contributed by atoms with van der Waals surface area (Å²) in [6, 6.07) is 20.9. The molecule has 5 nitrogen and oxygen atoms in total. The van der Waals surface area contributed by atoms with E-state index in [1.807, 2.05) is 39.3 Å². The van der Waals surface area contributed by atoms with Gasteiger partial charge in [0.2, 0.25) is 5.91 Å². The zero-order valence-corrected chi connectivity index (χ0v) is 21.9. The van der Waals surface area contributed by atoms with E-state index in [-0.39, 0.29) is 17.9 Å². The normalized spacial score (nSPS) is 18.2. The van der Waals surface area contributed by atoms with Gasteiger partial charge in [-0.25, -0.2) is 0 Å². The third-order valence-electron chi connectivity index (χ3n) is 7.46. The van der Waals surface area contributed by atoms with Crippen LogP contribution in [0.3, 0.4) is 0 Å². The number of amides is 2. The van der Waals surface area contributed by atoms with E-state index in [0.29, 0.717) is 32.7 Å². The highest BCUT2D eigenvalue weighted by Gasteiger charge is 2.33. The molecule has 36 heavy (non-hydrogen) atoms. The van der Waals surface area contributed by atoms with Crippen LogP contribution in [-0.4, -0.2) is 65.8 Å². The molecule has 0 spiro atoms. The molecule has 1 aromatic heterocycles. The summed E-state index contributed by atoms with van der Waals surface area (Å²) in [6.07, 6.45) is 4.38. The van der Waals surface area contributed by atoms with E-state index in [0.717, 1.165) is 24.9 Å². The van der Waals surface area contributed by atoms with Gasteiger partial charge in [-0.1, -0.05) is 55.8 Å². The molecule has 188 valence electrons. The average Bonchev–Trinajstić information content (AvgIpc) is 3.41. The van der Waals surface area contributed by atoms with Crippen molar-refractivity contribution in [3.05, 3.63) is 93.2 Å². The molecule has 5 rings (SSSR count). The molecule has 1 saturated heterocycles. The molecule has 3 heterocycles. The topological polar surface area (TPSA) is 43.9 Å². The summed E-state index contributed by atoms with van der Waals surface area (Å²) in [4.78, 5) is 33.9. The molecule has 3 aromatic rings. The van der Waals surface area contributed by atoms with Crippen LogP contribution in [0.4, 0.5) is 0 Å². The number of thiophene rings is 1. The molecule has 2 amide bonds. The smallest absolute Gasteiger partial charge is 0.253 e. The van der Waals surface area contributed by atoms with Gasteiger partial charge in [0.15, 0.2) is 0 Å². The molecular weight excluding hydrogens is 466 g/mol. The van der Waals surface area contributed by atoms with Crippen molar-refractivity contribution in [1.82, 2.24) is 14.7 Å².